The average Bonchev–Trinajstić information content (AvgIpc) is 2.33. The van der Waals surface area contributed by atoms with Crippen LogP contribution in [-0.2, 0) is 11.2 Å². The summed E-state index contributed by atoms with van der Waals surface area (Å²) in [5, 5.41) is 0.869. The highest BCUT2D eigenvalue weighted by atomic mass is 79.9. The van der Waals surface area contributed by atoms with Crippen molar-refractivity contribution in [2.75, 3.05) is 18.5 Å². The Morgan fingerprint density at radius 2 is 2.19 bits per heavy atom. The number of halogens is 2. The summed E-state index contributed by atoms with van der Waals surface area (Å²) in [7, 11) is 0. The van der Waals surface area contributed by atoms with Crippen LogP contribution in [0.15, 0.2) is 24.3 Å². The molecule has 0 aliphatic carbocycles. The maximum absolute atomic E-state index is 13.6. The molecule has 2 rings (SSSR count). The summed E-state index contributed by atoms with van der Waals surface area (Å²) in [5.74, 6) is -0.103. The maximum atomic E-state index is 13.6. The van der Waals surface area contributed by atoms with E-state index in [1.54, 1.807) is 6.07 Å². The molecule has 1 fully saturated rings. The van der Waals surface area contributed by atoms with E-state index in [2.05, 4.69) is 15.9 Å². The van der Waals surface area contributed by atoms with E-state index in [-0.39, 0.29) is 11.2 Å². The molecule has 0 radical (unpaired) electrons. The molecule has 16 heavy (non-hydrogen) atoms. The molecule has 1 nitrogen and oxygen atoms in total. The fourth-order valence-corrected chi connectivity index (χ4v) is 2.89. The fraction of sp³-hybridized carbons (Fsp3) is 0.538. The van der Waals surface area contributed by atoms with Gasteiger partial charge in [-0.15, -0.1) is 0 Å². The van der Waals surface area contributed by atoms with Gasteiger partial charge in [-0.05, 0) is 30.9 Å². The number of ether oxygens (including phenoxy) is 1. The number of alkyl halides is 1. The summed E-state index contributed by atoms with van der Waals surface area (Å²) in [6, 6.07) is 7.02. The van der Waals surface area contributed by atoms with Gasteiger partial charge in [-0.2, -0.15) is 0 Å². The summed E-state index contributed by atoms with van der Waals surface area (Å²) in [5.41, 5.74) is 0.868. The highest BCUT2D eigenvalue weighted by Crippen LogP contribution is 2.34. The molecule has 1 aromatic carbocycles. The Labute approximate surface area is 104 Å². The number of rotatable bonds is 3. The lowest BCUT2D eigenvalue weighted by atomic mass is 9.79. The van der Waals surface area contributed by atoms with Crippen molar-refractivity contribution in [2.24, 2.45) is 5.41 Å². The Morgan fingerprint density at radius 1 is 1.38 bits per heavy atom. The molecule has 3 heteroatoms. The molecule has 1 aromatic rings. The molecule has 0 spiro atoms. The van der Waals surface area contributed by atoms with Crippen LogP contribution >= 0.6 is 15.9 Å². The van der Waals surface area contributed by atoms with Crippen LogP contribution in [0.4, 0.5) is 4.39 Å². The number of benzene rings is 1. The SMILES string of the molecule is Fc1ccccc1CC1(CBr)CCCOC1. The molecule has 0 N–H and O–H groups in total. The van der Waals surface area contributed by atoms with E-state index in [4.69, 9.17) is 4.74 Å². The monoisotopic (exact) mass is 286 g/mol. The minimum atomic E-state index is -0.103. The van der Waals surface area contributed by atoms with Crippen molar-refractivity contribution in [3.8, 4) is 0 Å². The molecular formula is C13H16BrFO. The second-order valence-electron chi connectivity index (χ2n) is 4.56. The van der Waals surface area contributed by atoms with E-state index in [1.807, 2.05) is 12.1 Å². The Hall–Kier alpha value is -0.410. The first-order valence-corrected chi connectivity index (χ1v) is 6.75. The lowest BCUT2D eigenvalue weighted by molar-refractivity contribution is 0.00578. The van der Waals surface area contributed by atoms with Gasteiger partial charge in [0, 0.05) is 17.4 Å². The van der Waals surface area contributed by atoms with Gasteiger partial charge in [-0.25, -0.2) is 4.39 Å². The van der Waals surface area contributed by atoms with Crippen LogP contribution in [-0.4, -0.2) is 18.5 Å². The Balaban J connectivity index is 2.15. The van der Waals surface area contributed by atoms with Crippen molar-refractivity contribution in [3.05, 3.63) is 35.6 Å². The summed E-state index contributed by atoms with van der Waals surface area (Å²) >= 11 is 3.55. The van der Waals surface area contributed by atoms with Crippen LogP contribution in [0, 0.1) is 11.2 Å². The van der Waals surface area contributed by atoms with Crippen molar-refractivity contribution < 1.29 is 9.13 Å². The van der Waals surface area contributed by atoms with Crippen molar-refractivity contribution >= 4 is 15.9 Å². The quantitative estimate of drug-likeness (QED) is 0.772. The number of hydrogen-bond acceptors (Lipinski definition) is 1. The summed E-state index contributed by atoms with van der Waals surface area (Å²) in [6.45, 7) is 1.57. The molecule has 1 aliphatic heterocycles. The minimum absolute atomic E-state index is 0.0699. The van der Waals surface area contributed by atoms with Crippen molar-refractivity contribution in [1.29, 1.82) is 0 Å². The van der Waals surface area contributed by atoms with Crippen LogP contribution in [0.25, 0.3) is 0 Å². The molecule has 1 unspecified atom stereocenters. The van der Waals surface area contributed by atoms with Crippen LogP contribution in [0.1, 0.15) is 18.4 Å². The summed E-state index contributed by atoms with van der Waals surface area (Å²) in [6.07, 6.45) is 2.93. The van der Waals surface area contributed by atoms with Crippen LogP contribution in [0.3, 0.4) is 0 Å². The van der Waals surface area contributed by atoms with Crippen LogP contribution in [0.5, 0.6) is 0 Å². The largest absolute Gasteiger partial charge is 0.381 e. The van der Waals surface area contributed by atoms with Gasteiger partial charge in [0.1, 0.15) is 5.82 Å². The number of hydrogen-bond donors (Lipinski definition) is 0. The highest BCUT2D eigenvalue weighted by molar-refractivity contribution is 9.09. The molecule has 88 valence electrons. The van der Waals surface area contributed by atoms with Gasteiger partial charge in [0.2, 0.25) is 0 Å². The van der Waals surface area contributed by atoms with Gasteiger partial charge in [0.25, 0.3) is 0 Å². The third-order valence-electron chi connectivity index (χ3n) is 3.21. The average molecular weight is 287 g/mol. The van der Waals surface area contributed by atoms with E-state index in [0.29, 0.717) is 0 Å². The van der Waals surface area contributed by atoms with E-state index < -0.39 is 0 Å². The minimum Gasteiger partial charge on any atom is -0.381 e. The summed E-state index contributed by atoms with van der Waals surface area (Å²) < 4.78 is 19.1. The Kier molecular flexibility index (Phi) is 3.98. The Morgan fingerprint density at radius 3 is 2.81 bits per heavy atom. The molecule has 1 aliphatic rings. The molecule has 0 saturated carbocycles. The van der Waals surface area contributed by atoms with Gasteiger partial charge in [-0.3, -0.25) is 0 Å². The van der Waals surface area contributed by atoms with E-state index in [0.717, 1.165) is 43.4 Å². The topological polar surface area (TPSA) is 9.23 Å². The molecule has 0 aromatic heterocycles. The molecular weight excluding hydrogens is 271 g/mol. The highest BCUT2D eigenvalue weighted by Gasteiger charge is 2.32. The maximum Gasteiger partial charge on any atom is 0.126 e. The first kappa shape index (κ1) is 12.1. The van der Waals surface area contributed by atoms with E-state index in [9.17, 15) is 4.39 Å². The van der Waals surface area contributed by atoms with E-state index >= 15 is 0 Å². The molecule has 0 bridgehead atoms. The standard InChI is InChI=1S/C13H16BrFO/c14-9-13(6-3-7-16-10-13)8-11-4-1-2-5-12(11)15/h1-2,4-5H,3,6-10H2. The third kappa shape index (κ3) is 2.64. The third-order valence-corrected chi connectivity index (χ3v) is 4.40. The van der Waals surface area contributed by atoms with Gasteiger partial charge in [-0.1, -0.05) is 34.1 Å². The molecule has 1 atom stereocenters. The van der Waals surface area contributed by atoms with E-state index in [1.165, 1.54) is 6.07 Å². The molecule has 1 saturated heterocycles. The first-order valence-electron chi connectivity index (χ1n) is 5.63. The van der Waals surface area contributed by atoms with Gasteiger partial charge >= 0.3 is 0 Å². The first-order chi connectivity index (χ1) is 7.76. The molecule has 1 heterocycles. The smallest absolute Gasteiger partial charge is 0.126 e. The van der Waals surface area contributed by atoms with Crippen molar-refractivity contribution in [1.82, 2.24) is 0 Å². The molecule has 0 amide bonds. The second-order valence-corrected chi connectivity index (χ2v) is 5.12. The zero-order valence-electron chi connectivity index (χ0n) is 9.22. The normalized spacial score (nSPS) is 25.6. The van der Waals surface area contributed by atoms with Gasteiger partial charge < -0.3 is 4.74 Å². The lowest BCUT2D eigenvalue weighted by Gasteiger charge is -2.35. The predicted molar refractivity (Wildman–Crippen MR) is 66.4 cm³/mol. The van der Waals surface area contributed by atoms with Crippen molar-refractivity contribution in [2.45, 2.75) is 19.3 Å². The van der Waals surface area contributed by atoms with Crippen LogP contribution < -0.4 is 0 Å². The fourth-order valence-electron chi connectivity index (χ4n) is 2.25. The van der Waals surface area contributed by atoms with Gasteiger partial charge in [0.15, 0.2) is 0 Å². The zero-order chi connectivity index (χ0) is 11.4. The second kappa shape index (κ2) is 5.28. The zero-order valence-corrected chi connectivity index (χ0v) is 10.8. The predicted octanol–water partition coefficient (Wildman–Crippen LogP) is 3.56. The van der Waals surface area contributed by atoms with Gasteiger partial charge in [0.05, 0.1) is 6.61 Å². The van der Waals surface area contributed by atoms with Crippen LogP contribution in [0.2, 0.25) is 0 Å². The lowest BCUT2D eigenvalue weighted by Crippen LogP contribution is -2.35. The summed E-state index contributed by atoms with van der Waals surface area (Å²) in [4.78, 5) is 0. The Bertz CT molecular complexity index is 348. The van der Waals surface area contributed by atoms with Crippen molar-refractivity contribution in [3.63, 3.8) is 0 Å².